The van der Waals surface area contributed by atoms with E-state index in [0.717, 1.165) is 28.3 Å². The normalized spacial score (nSPS) is 11.4. The minimum atomic E-state index is 0.331. The van der Waals surface area contributed by atoms with Crippen molar-refractivity contribution in [2.24, 2.45) is 10.7 Å². The Morgan fingerprint density at radius 3 is 2.62 bits per heavy atom. The van der Waals surface area contributed by atoms with Crippen molar-refractivity contribution in [2.75, 3.05) is 12.4 Å². The molecular weight excluding hydrogens is 326 g/mol. The zero-order valence-corrected chi connectivity index (χ0v) is 15.2. The molecule has 0 aliphatic heterocycles. The highest BCUT2D eigenvalue weighted by molar-refractivity contribution is 5.93. The molecular formula is C20H23N5O. The van der Waals surface area contributed by atoms with Crippen molar-refractivity contribution in [3.05, 3.63) is 71.5 Å². The Balaban J connectivity index is 1.81. The van der Waals surface area contributed by atoms with Gasteiger partial charge >= 0.3 is 0 Å². The lowest BCUT2D eigenvalue weighted by Gasteiger charge is -2.12. The number of anilines is 1. The van der Waals surface area contributed by atoms with Crippen LogP contribution < -0.4 is 15.8 Å². The summed E-state index contributed by atoms with van der Waals surface area (Å²) in [5.74, 6) is 1.05. The number of aryl methyl sites for hydroxylation is 2. The number of guanidine groups is 1. The highest BCUT2D eigenvalue weighted by Crippen LogP contribution is 2.23. The number of para-hydroxylation sites is 3. The average molecular weight is 349 g/mol. The second-order valence-electron chi connectivity index (χ2n) is 5.99. The Morgan fingerprint density at radius 1 is 1.15 bits per heavy atom. The maximum Gasteiger partial charge on any atom is 0.193 e. The first kappa shape index (κ1) is 17.5. The van der Waals surface area contributed by atoms with E-state index in [4.69, 9.17) is 10.5 Å². The van der Waals surface area contributed by atoms with Crippen LogP contribution in [0.3, 0.4) is 0 Å². The lowest BCUT2D eigenvalue weighted by Crippen LogP contribution is -2.23. The summed E-state index contributed by atoms with van der Waals surface area (Å²) >= 11 is 0. The van der Waals surface area contributed by atoms with Crippen LogP contribution in [0.25, 0.3) is 5.69 Å². The van der Waals surface area contributed by atoms with Crippen molar-refractivity contribution in [3.63, 3.8) is 0 Å². The Morgan fingerprint density at radius 2 is 1.88 bits per heavy atom. The summed E-state index contributed by atoms with van der Waals surface area (Å²) < 4.78 is 7.25. The van der Waals surface area contributed by atoms with Crippen molar-refractivity contribution in [1.82, 2.24) is 9.78 Å². The molecule has 0 fully saturated rings. The Hall–Kier alpha value is -3.28. The number of rotatable bonds is 5. The van der Waals surface area contributed by atoms with Crippen LogP contribution in [-0.4, -0.2) is 22.8 Å². The molecule has 0 spiro atoms. The zero-order chi connectivity index (χ0) is 18.5. The van der Waals surface area contributed by atoms with Crippen molar-refractivity contribution < 1.29 is 4.74 Å². The molecule has 6 heteroatoms. The zero-order valence-electron chi connectivity index (χ0n) is 15.2. The predicted octanol–water partition coefficient (Wildman–Crippen LogP) is 3.42. The second-order valence-corrected chi connectivity index (χ2v) is 5.99. The molecule has 0 saturated heterocycles. The number of nitrogens with zero attached hydrogens (tertiary/aromatic N) is 3. The summed E-state index contributed by atoms with van der Waals surface area (Å²) in [6.07, 6.45) is 0. The number of hydrogen-bond donors (Lipinski definition) is 2. The standard InChI is InChI=1S/C20H23N5O/c1-14-12-15(2)25(24-14)18-10-6-4-8-16(18)13-22-20(21)23-17-9-5-7-11-19(17)26-3/h4-12H,13H2,1-3H3,(H3,21,22,23). The van der Waals surface area contributed by atoms with Gasteiger partial charge in [0.2, 0.25) is 0 Å². The quantitative estimate of drug-likeness (QED) is 0.546. The van der Waals surface area contributed by atoms with Crippen LogP contribution in [0.5, 0.6) is 5.75 Å². The lowest BCUT2D eigenvalue weighted by atomic mass is 10.2. The van der Waals surface area contributed by atoms with Gasteiger partial charge in [-0.1, -0.05) is 30.3 Å². The molecule has 2 aromatic carbocycles. The highest BCUT2D eigenvalue weighted by atomic mass is 16.5. The summed E-state index contributed by atoms with van der Waals surface area (Å²) in [5.41, 5.74) is 11.0. The third-order valence-electron chi connectivity index (χ3n) is 4.02. The molecule has 0 amide bonds. The maximum atomic E-state index is 6.06. The van der Waals surface area contributed by atoms with E-state index in [9.17, 15) is 0 Å². The fraction of sp³-hybridized carbons (Fsp3) is 0.200. The van der Waals surface area contributed by atoms with Gasteiger partial charge in [0.1, 0.15) is 5.75 Å². The van der Waals surface area contributed by atoms with E-state index in [1.165, 1.54) is 0 Å². The second kappa shape index (κ2) is 7.74. The summed E-state index contributed by atoms with van der Waals surface area (Å²) in [5, 5.41) is 7.65. The number of benzene rings is 2. The monoisotopic (exact) mass is 349 g/mol. The van der Waals surface area contributed by atoms with Crippen molar-refractivity contribution >= 4 is 11.6 Å². The number of aromatic nitrogens is 2. The minimum Gasteiger partial charge on any atom is -0.495 e. The molecule has 1 heterocycles. The molecule has 0 bridgehead atoms. The molecule has 0 aliphatic carbocycles. The minimum absolute atomic E-state index is 0.331. The van der Waals surface area contributed by atoms with Crippen LogP contribution in [-0.2, 0) is 6.54 Å². The molecule has 134 valence electrons. The molecule has 26 heavy (non-hydrogen) atoms. The molecule has 0 atom stereocenters. The van der Waals surface area contributed by atoms with Crippen LogP contribution >= 0.6 is 0 Å². The van der Waals surface area contributed by atoms with Crippen molar-refractivity contribution in [3.8, 4) is 11.4 Å². The fourth-order valence-electron chi connectivity index (χ4n) is 2.82. The molecule has 6 nitrogen and oxygen atoms in total. The number of aliphatic imine (C=N–C) groups is 1. The Kier molecular flexibility index (Phi) is 5.22. The van der Waals surface area contributed by atoms with E-state index in [2.05, 4.69) is 21.5 Å². The largest absolute Gasteiger partial charge is 0.495 e. The number of nitrogens with one attached hydrogen (secondary N) is 1. The van der Waals surface area contributed by atoms with Gasteiger partial charge in [-0.25, -0.2) is 9.67 Å². The van der Waals surface area contributed by atoms with Crippen LogP contribution in [0.2, 0.25) is 0 Å². The first-order valence-corrected chi connectivity index (χ1v) is 8.40. The topological polar surface area (TPSA) is 77.5 Å². The molecule has 3 N–H and O–H groups in total. The van der Waals surface area contributed by atoms with Gasteiger partial charge in [0.25, 0.3) is 0 Å². The highest BCUT2D eigenvalue weighted by Gasteiger charge is 2.09. The van der Waals surface area contributed by atoms with Crippen LogP contribution in [0.1, 0.15) is 17.0 Å². The fourth-order valence-corrected chi connectivity index (χ4v) is 2.82. The SMILES string of the molecule is COc1ccccc1NC(N)=NCc1ccccc1-n1nc(C)cc1C. The average Bonchev–Trinajstić information content (AvgIpc) is 2.98. The predicted molar refractivity (Wildman–Crippen MR) is 105 cm³/mol. The van der Waals surface area contributed by atoms with E-state index < -0.39 is 0 Å². The van der Waals surface area contributed by atoms with Crippen molar-refractivity contribution in [1.29, 1.82) is 0 Å². The first-order valence-electron chi connectivity index (χ1n) is 8.40. The number of methoxy groups -OCH3 is 1. The van der Waals surface area contributed by atoms with Crippen molar-refractivity contribution in [2.45, 2.75) is 20.4 Å². The summed E-state index contributed by atoms with van der Waals surface area (Å²) in [4.78, 5) is 4.47. The molecule has 0 aliphatic rings. The maximum absolute atomic E-state index is 6.06. The molecule has 1 aromatic heterocycles. The third kappa shape index (κ3) is 3.85. The first-order chi connectivity index (χ1) is 12.6. The van der Waals surface area contributed by atoms with Gasteiger partial charge in [-0.2, -0.15) is 5.10 Å². The van der Waals surface area contributed by atoms with Gasteiger partial charge in [0, 0.05) is 5.69 Å². The third-order valence-corrected chi connectivity index (χ3v) is 4.02. The van der Waals surface area contributed by atoms with E-state index >= 15 is 0 Å². The van der Waals surface area contributed by atoms with Gasteiger partial charge in [-0.15, -0.1) is 0 Å². The summed E-state index contributed by atoms with van der Waals surface area (Å²) in [6, 6.07) is 17.7. The Bertz CT molecular complexity index is 929. The smallest absolute Gasteiger partial charge is 0.193 e. The van der Waals surface area contributed by atoms with E-state index in [0.29, 0.717) is 18.3 Å². The van der Waals surface area contributed by atoms with Gasteiger partial charge in [-0.05, 0) is 43.7 Å². The number of ether oxygens (including phenoxy) is 1. The number of nitrogens with two attached hydrogens (primary N) is 1. The molecule has 3 aromatic rings. The van der Waals surface area contributed by atoms with Gasteiger partial charge in [-0.3, -0.25) is 0 Å². The molecule has 0 radical (unpaired) electrons. The summed E-state index contributed by atoms with van der Waals surface area (Å²) in [7, 11) is 1.62. The summed E-state index contributed by atoms with van der Waals surface area (Å²) in [6.45, 7) is 4.47. The Labute approximate surface area is 153 Å². The number of hydrogen-bond acceptors (Lipinski definition) is 3. The van der Waals surface area contributed by atoms with Crippen LogP contribution in [0, 0.1) is 13.8 Å². The van der Waals surface area contributed by atoms with Gasteiger partial charge < -0.3 is 15.8 Å². The lowest BCUT2D eigenvalue weighted by molar-refractivity contribution is 0.417. The van der Waals surface area contributed by atoms with E-state index in [1.807, 2.05) is 67.1 Å². The van der Waals surface area contributed by atoms with Crippen LogP contribution in [0.4, 0.5) is 5.69 Å². The van der Waals surface area contributed by atoms with E-state index in [1.54, 1.807) is 7.11 Å². The molecule has 0 saturated carbocycles. The van der Waals surface area contributed by atoms with E-state index in [-0.39, 0.29) is 0 Å². The van der Waals surface area contributed by atoms with Crippen LogP contribution in [0.15, 0.2) is 59.6 Å². The molecule has 3 rings (SSSR count). The molecule has 0 unspecified atom stereocenters. The van der Waals surface area contributed by atoms with Gasteiger partial charge in [0.15, 0.2) is 5.96 Å². The van der Waals surface area contributed by atoms with Gasteiger partial charge in [0.05, 0.1) is 30.7 Å².